The van der Waals surface area contributed by atoms with Gasteiger partial charge in [0.2, 0.25) is 0 Å². The Morgan fingerprint density at radius 2 is 2.05 bits per heavy atom. The molecular weight excluding hydrogens is 316 g/mol. The summed E-state index contributed by atoms with van der Waals surface area (Å²) >= 11 is 7.32. The van der Waals surface area contributed by atoms with Crippen LogP contribution in [0, 0.1) is 6.92 Å². The molecule has 0 radical (unpaired) electrons. The number of hydrogen-bond acceptors (Lipinski definition) is 4. The first-order valence-corrected chi connectivity index (χ1v) is 8.68. The van der Waals surface area contributed by atoms with E-state index in [2.05, 4.69) is 10.0 Å². The molecule has 1 aromatic carbocycles. The van der Waals surface area contributed by atoms with Gasteiger partial charge in [-0.05, 0) is 43.1 Å². The molecule has 1 aromatic heterocycles. The molecule has 4 nitrogen and oxygen atoms in total. The Hall–Kier alpha value is -1.08. The number of halogens is 1. The fourth-order valence-electron chi connectivity index (χ4n) is 1.76. The van der Waals surface area contributed by atoms with E-state index in [1.807, 2.05) is 6.92 Å². The maximum Gasteiger partial charge on any atom is 0.263 e. The standard InChI is InChI=1S/C13H15ClN2O2S2/c1-9-3-4-10(14)7-11(9)16-20(17,18)13-5-6-19-12(13)8-15-2/h3-7,15-16H,8H2,1-2H3. The van der Waals surface area contributed by atoms with Crippen molar-refractivity contribution >= 4 is 38.6 Å². The second-order valence-electron chi connectivity index (χ2n) is 4.30. The summed E-state index contributed by atoms with van der Waals surface area (Å²) in [4.78, 5) is 1.08. The monoisotopic (exact) mass is 330 g/mol. The van der Waals surface area contributed by atoms with E-state index in [4.69, 9.17) is 11.6 Å². The zero-order valence-electron chi connectivity index (χ0n) is 11.1. The van der Waals surface area contributed by atoms with Crippen LogP contribution >= 0.6 is 22.9 Å². The van der Waals surface area contributed by atoms with E-state index in [0.29, 0.717) is 22.2 Å². The molecule has 0 aliphatic heterocycles. The Morgan fingerprint density at radius 3 is 2.75 bits per heavy atom. The highest BCUT2D eigenvalue weighted by molar-refractivity contribution is 7.93. The summed E-state index contributed by atoms with van der Waals surface area (Å²) in [5.41, 5.74) is 1.32. The summed E-state index contributed by atoms with van der Waals surface area (Å²) in [6, 6.07) is 6.73. The van der Waals surface area contributed by atoms with E-state index in [1.165, 1.54) is 11.3 Å². The first-order valence-electron chi connectivity index (χ1n) is 5.94. The molecule has 2 rings (SSSR count). The Morgan fingerprint density at radius 1 is 1.30 bits per heavy atom. The Bertz CT molecular complexity index is 711. The first-order chi connectivity index (χ1) is 9.44. The Balaban J connectivity index is 2.36. The second-order valence-corrected chi connectivity index (χ2v) is 7.39. The average molecular weight is 331 g/mol. The van der Waals surface area contributed by atoms with Crippen molar-refractivity contribution in [1.82, 2.24) is 5.32 Å². The van der Waals surface area contributed by atoms with Gasteiger partial charge in [-0.2, -0.15) is 0 Å². The lowest BCUT2D eigenvalue weighted by Crippen LogP contribution is -2.16. The quantitative estimate of drug-likeness (QED) is 0.885. The predicted molar refractivity (Wildman–Crippen MR) is 84.1 cm³/mol. The normalized spacial score (nSPS) is 11.6. The van der Waals surface area contributed by atoms with Crippen LogP contribution in [0.15, 0.2) is 34.5 Å². The maximum absolute atomic E-state index is 12.4. The third kappa shape index (κ3) is 3.32. The highest BCUT2D eigenvalue weighted by Crippen LogP contribution is 2.27. The fraction of sp³-hybridized carbons (Fsp3) is 0.231. The third-order valence-electron chi connectivity index (χ3n) is 2.78. The molecular formula is C13H15ClN2O2S2. The molecule has 7 heteroatoms. The van der Waals surface area contributed by atoms with E-state index in [0.717, 1.165) is 10.4 Å². The van der Waals surface area contributed by atoms with Gasteiger partial charge in [0.15, 0.2) is 0 Å². The van der Waals surface area contributed by atoms with Gasteiger partial charge < -0.3 is 5.32 Å². The van der Waals surface area contributed by atoms with Crippen LogP contribution in [0.4, 0.5) is 5.69 Å². The third-order valence-corrected chi connectivity index (χ3v) is 5.51. The molecule has 0 unspecified atom stereocenters. The van der Waals surface area contributed by atoms with Crippen LogP contribution in [0.2, 0.25) is 5.02 Å². The van der Waals surface area contributed by atoms with Crippen LogP contribution in [0.1, 0.15) is 10.4 Å². The number of rotatable bonds is 5. The summed E-state index contributed by atoms with van der Waals surface area (Å²) in [6.07, 6.45) is 0. The predicted octanol–water partition coefficient (Wildman–Crippen LogP) is 3.23. The highest BCUT2D eigenvalue weighted by atomic mass is 35.5. The van der Waals surface area contributed by atoms with Gasteiger partial charge in [0.1, 0.15) is 4.90 Å². The van der Waals surface area contributed by atoms with Crippen LogP contribution in [-0.4, -0.2) is 15.5 Å². The van der Waals surface area contributed by atoms with Gasteiger partial charge in [-0.3, -0.25) is 4.72 Å². The van der Waals surface area contributed by atoms with Crippen molar-refractivity contribution in [3.05, 3.63) is 45.1 Å². The largest absolute Gasteiger partial charge is 0.315 e. The number of aryl methyl sites for hydroxylation is 1. The number of sulfonamides is 1. The lowest BCUT2D eigenvalue weighted by atomic mass is 10.2. The fourth-order valence-corrected chi connectivity index (χ4v) is 4.51. The molecule has 0 fully saturated rings. The minimum atomic E-state index is -3.60. The lowest BCUT2D eigenvalue weighted by molar-refractivity contribution is 0.600. The van der Waals surface area contributed by atoms with Gasteiger partial charge in [-0.15, -0.1) is 11.3 Å². The molecule has 0 spiro atoms. The first kappa shape index (κ1) is 15.3. The number of anilines is 1. The van der Waals surface area contributed by atoms with E-state index in [-0.39, 0.29) is 0 Å². The summed E-state index contributed by atoms with van der Waals surface area (Å²) < 4.78 is 27.5. The van der Waals surface area contributed by atoms with Crippen molar-refractivity contribution in [3.63, 3.8) is 0 Å². The van der Waals surface area contributed by atoms with E-state index in [9.17, 15) is 8.42 Å². The summed E-state index contributed by atoms with van der Waals surface area (Å²) in [5, 5.41) is 5.23. The zero-order chi connectivity index (χ0) is 14.8. The van der Waals surface area contributed by atoms with Crippen molar-refractivity contribution in [2.75, 3.05) is 11.8 Å². The van der Waals surface area contributed by atoms with Crippen LogP contribution in [0.25, 0.3) is 0 Å². The van der Waals surface area contributed by atoms with Gasteiger partial charge in [0.05, 0.1) is 5.69 Å². The Labute approximate surface area is 127 Å². The zero-order valence-corrected chi connectivity index (χ0v) is 13.5. The SMILES string of the molecule is CNCc1sccc1S(=O)(=O)Nc1cc(Cl)ccc1C. The average Bonchev–Trinajstić information content (AvgIpc) is 2.83. The molecule has 0 saturated heterocycles. The number of benzene rings is 1. The molecule has 2 N–H and O–H groups in total. The minimum Gasteiger partial charge on any atom is -0.315 e. The van der Waals surface area contributed by atoms with Gasteiger partial charge >= 0.3 is 0 Å². The molecule has 0 amide bonds. The minimum absolute atomic E-state index is 0.302. The van der Waals surface area contributed by atoms with Crippen molar-refractivity contribution in [3.8, 4) is 0 Å². The summed E-state index contributed by atoms with van der Waals surface area (Å²) in [6.45, 7) is 2.35. The van der Waals surface area contributed by atoms with Gasteiger partial charge in [-0.1, -0.05) is 17.7 Å². The van der Waals surface area contributed by atoms with Gasteiger partial charge in [0.25, 0.3) is 10.0 Å². The van der Waals surface area contributed by atoms with E-state index >= 15 is 0 Å². The highest BCUT2D eigenvalue weighted by Gasteiger charge is 2.20. The molecule has 20 heavy (non-hydrogen) atoms. The molecule has 0 aliphatic rings. The van der Waals surface area contributed by atoms with E-state index in [1.54, 1.807) is 36.7 Å². The Kier molecular flexibility index (Phi) is 4.70. The lowest BCUT2D eigenvalue weighted by Gasteiger charge is -2.11. The topological polar surface area (TPSA) is 58.2 Å². The number of nitrogens with one attached hydrogen (secondary N) is 2. The molecule has 0 bridgehead atoms. The molecule has 0 atom stereocenters. The summed E-state index contributed by atoms with van der Waals surface area (Å²) in [7, 11) is -1.82. The van der Waals surface area contributed by atoms with Gasteiger partial charge in [-0.25, -0.2) is 8.42 Å². The maximum atomic E-state index is 12.4. The smallest absolute Gasteiger partial charge is 0.263 e. The number of hydrogen-bond donors (Lipinski definition) is 2. The van der Waals surface area contributed by atoms with Gasteiger partial charge in [0, 0.05) is 16.4 Å². The molecule has 2 aromatic rings. The van der Waals surface area contributed by atoms with Crippen molar-refractivity contribution in [2.24, 2.45) is 0 Å². The van der Waals surface area contributed by atoms with Crippen molar-refractivity contribution < 1.29 is 8.42 Å². The van der Waals surface area contributed by atoms with Crippen LogP contribution in [-0.2, 0) is 16.6 Å². The van der Waals surface area contributed by atoms with Crippen LogP contribution in [0.5, 0.6) is 0 Å². The van der Waals surface area contributed by atoms with Crippen LogP contribution < -0.4 is 10.0 Å². The summed E-state index contributed by atoms with van der Waals surface area (Å²) in [5.74, 6) is 0. The number of thiophene rings is 1. The molecule has 108 valence electrons. The van der Waals surface area contributed by atoms with Crippen molar-refractivity contribution in [1.29, 1.82) is 0 Å². The van der Waals surface area contributed by atoms with Crippen molar-refractivity contribution in [2.45, 2.75) is 18.4 Å². The molecule has 1 heterocycles. The molecule has 0 saturated carbocycles. The van der Waals surface area contributed by atoms with Crippen LogP contribution in [0.3, 0.4) is 0 Å². The second kappa shape index (κ2) is 6.13. The van der Waals surface area contributed by atoms with E-state index < -0.39 is 10.0 Å². The molecule has 0 aliphatic carbocycles.